The highest BCUT2D eigenvalue weighted by Crippen LogP contribution is 2.29. The quantitative estimate of drug-likeness (QED) is 0.836. The minimum Gasteiger partial charge on any atom is -0.391 e. The van der Waals surface area contributed by atoms with Gasteiger partial charge in [-0.25, -0.2) is 17.5 Å². The smallest absolute Gasteiger partial charge is 0.240 e. The van der Waals surface area contributed by atoms with E-state index in [1.165, 1.54) is 19.2 Å². The molecule has 0 aromatic heterocycles. The fourth-order valence-corrected chi connectivity index (χ4v) is 4.12. The van der Waals surface area contributed by atoms with Gasteiger partial charge in [-0.2, -0.15) is 0 Å². The number of rotatable bonds is 5. The highest BCUT2D eigenvalue weighted by atomic mass is 32.2. The molecule has 0 spiro atoms. The first-order valence-electron chi connectivity index (χ1n) is 8.57. The summed E-state index contributed by atoms with van der Waals surface area (Å²) in [7, 11) is -2.04. The number of hydrogen-bond donors (Lipinski definition) is 2. The lowest BCUT2D eigenvalue weighted by atomic mass is 9.87. The van der Waals surface area contributed by atoms with E-state index in [0.29, 0.717) is 13.1 Å². The van der Waals surface area contributed by atoms with Gasteiger partial charge in [-0.3, -0.25) is 4.90 Å². The van der Waals surface area contributed by atoms with E-state index < -0.39 is 16.1 Å². The average Bonchev–Trinajstić information content (AvgIpc) is 2.63. The lowest BCUT2D eigenvalue weighted by molar-refractivity contribution is 0.0476. The molecule has 0 saturated carbocycles. The number of benzene rings is 2. The molecule has 140 valence electrons. The second-order valence-electron chi connectivity index (χ2n) is 6.60. The lowest BCUT2D eigenvalue weighted by Crippen LogP contribution is -2.42. The van der Waals surface area contributed by atoms with E-state index in [1.54, 1.807) is 36.4 Å². The molecule has 1 aliphatic heterocycles. The number of aliphatic hydroxyl groups is 1. The van der Waals surface area contributed by atoms with Crippen LogP contribution in [0.25, 0.3) is 0 Å². The molecule has 26 heavy (non-hydrogen) atoms. The number of β-amino-alcohol motifs (C(OH)–C–C–N with tert-alkyl or cyclic N) is 1. The Labute approximate surface area is 153 Å². The Balaban J connectivity index is 1.62. The molecule has 1 heterocycles. The molecule has 2 aromatic carbocycles. The number of piperidine rings is 1. The maximum absolute atomic E-state index is 13.1. The van der Waals surface area contributed by atoms with Crippen LogP contribution in [0, 0.1) is 5.82 Å². The molecular formula is C19H23FN2O3S. The van der Waals surface area contributed by atoms with Crippen molar-refractivity contribution < 1.29 is 17.9 Å². The van der Waals surface area contributed by atoms with Crippen molar-refractivity contribution in [3.63, 3.8) is 0 Å². The SMILES string of the molecule is CNS(=O)(=O)c1ccc(CN2CC[C@H](c3ccc(F)cc3)[C@@H](O)C2)cc1. The molecule has 2 aromatic rings. The first kappa shape index (κ1) is 19.0. The summed E-state index contributed by atoms with van der Waals surface area (Å²) in [6, 6.07) is 13.1. The van der Waals surface area contributed by atoms with E-state index in [-0.39, 0.29) is 16.6 Å². The summed E-state index contributed by atoms with van der Waals surface area (Å²) in [6.07, 6.45) is 0.275. The lowest BCUT2D eigenvalue weighted by Gasteiger charge is -2.36. The Morgan fingerprint density at radius 1 is 1.15 bits per heavy atom. The molecule has 3 rings (SSSR count). The minimum absolute atomic E-state index is 0.00926. The molecule has 0 aliphatic carbocycles. The van der Waals surface area contributed by atoms with E-state index in [9.17, 15) is 17.9 Å². The fraction of sp³-hybridized carbons (Fsp3) is 0.368. The second-order valence-corrected chi connectivity index (χ2v) is 8.49. The molecular weight excluding hydrogens is 355 g/mol. The maximum Gasteiger partial charge on any atom is 0.240 e. The largest absolute Gasteiger partial charge is 0.391 e. The van der Waals surface area contributed by atoms with Crippen LogP contribution in [0.1, 0.15) is 23.5 Å². The van der Waals surface area contributed by atoms with Gasteiger partial charge in [0.05, 0.1) is 11.0 Å². The predicted molar refractivity (Wildman–Crippen MR) is 97.7 cm³/mol. The van der Waals surface area contributed by atoms with Crippen molar-refractivity contribution in [2.75, 3.05) is 20.1 Å². The van der Waals surface area contributed by atoms with Crippen LogP contribution in [0.2, 0.25) is 0 Å². The number of hydrogen-bond acceptors (Lipinski definition) is 4. The highest BCUT2D eigenvalue weighted by Gasteiger charge is 2.28. The molecule has 1 saturated heterocycles. The van der Waals surface area contributed by atoms with Crippen LogP contribution < -0.4 is 4.72 Å². The number of nitrogens with one attached hydrogen (secondary N) is 1. The van der Waals surface area contributed by atoms with Crippen LogP contribution in [0.3, 0.4) is 0 Å². The summed E-state index contributed by atoms with van der Waals surface area (Å²) < 4.78 is 38.9. The van der Waals surface area contributed by atoms with Gasteiger partial charge >= 0.3 is 0 Å². The summed E-state index contributed by atoms with van der Waals surface area (Å²) in [6.45, 7) is 1.99. The van der Waals surface area contributed by atoms with Crippen LogP contribution in [-0.4, -0.2) is 44.7 Å². The topological polar surface area (TPSA) is 69.6 Å². The summed E-state index contributed by atoms with van der Waals surface area (Å²) in [5, 5.41) is 10.5. The van der Waals surface area contributed by atoms with Crippen molar-refractivity contribution in [3.8, 4) is 0 Å². The van der Waals surface area contributed by atoms with Crippen LogP contribution in [0.4, 0.5) is 4.39 Å². The number of halogens is 1. The maximum atomic E-state index is 13.1. The molecule has 0 unspecified atom stereocenters. The monoisotopic (exact) mass is 378 g/mol. The van der Waals surface area contributed by atoms with E-state index in [1.807, 2.05) is 0 Å². The molecule has 1 fully saturated rings. The summed E-state index contributed by atoms with van der Waals surface area (Å²) in [4.78, 5) is 2.38. The highest BCUT2D eigenvalue weighted by molar-refractivity contribution is 7.89. The zero-order chi connectivity index (χ0) is 18.7. The Kier molecular flexibility index (Phi) is 5.72. The van der Waals surface area contributed by atoms with E-state index in [2.05, 4.69) is 9.62 Å². The van der Waals surface area contributed by atoms with Gasteiger partial charge < -0.3 is 5.11 Å². The molecule has 2 atom stereocenters. The van der Waals surface area contributed by atoms with Crippen molar-refractivity contribution in [1.29, 1.82) is 0 Å². The number of likely N-dealkylation sites (tertiary alicyclic amines) is 1. The standard InChI is InChI=1S/C19H23FN2O3S/c1-21-26(24,25)17-8-2-14(3-9-17)12-22-11-10-18(19(23)13-22)15-4-6-16(20)7-5-15/h2-9,18-19,21,23H,10-13H2,1H3/t18-,19+/m1/s1. The van der Waals surface area contributed by atoms with Crippen LogP contribution >= 0.6 is 0 Å². The van der Waals surface area contributed by atoms with Gasteiger partial charge in [-0.1, -0.05) is 24.3 Å². The van der Waals surface area contributed by atoms with Crippen LogP contribution in [-0.2, 0) is 16.6 Å². The average molecular weight is 378 g/mol. The zero-order valence-electron chi connectivity index (χ0n) is 14.6. The molecule has 2 N–H and O–H groups in total. The third-order valence-electron chi connectivity index (χ3n) is 4.87. The molecule has 5 nitrogen and oxygen atoms in total. The predicted octanol–water partition coefficient (Wildman–Crippen LogP) is 2.08. The van der Waals surface area contributed by atoms with E-state index >= 15 is 0 Å². The first-order chi connectivity index (χ1) is 12.4. The fourth-order valence-electron chi connectivity index (χ4n) is 3.39. The van der Waals surface area contributed by atoms with Gasteiger partial charge in [0, 0.05) is 19.0 Å². The Morgan fingerprint density at radius 2 is 1.81 bits per heavy atom. The van der Waals surface area contributed by atoms with Crippen LogP contribution in [0.15, 0.2) is 53.4 Å². The Hall–Kier alpha value is -1.80. The zero-order valence-corrected chi connectivity index (χ0v) is 15.4. The summed E-state index contributed by atoms with van der Waals surface area (Å²) in [5.74, 6) is -0.264. The Morgan fingerprint density at radius 3 is 2.38 bits per heavy atom. The van der Waals surface area contributed by atoms with Gasteiger partial charge in [0.2, 0.25) is 10.0 Å². The van der Waals surface area contributed by atoms with Crippen LogP contribution in [0.5, 0.6) is 0 Å². The van der Waals surface area contributed by atoms with Gasteiger partial charge in [0.15, 0.2) is 0 Å². The van der Waals surface area contributed by atoms with Crippen molar-refractivity contribution in [3.05, 3.63) is 65.5 Å². The van der Waals surface area contributed by atoms with E-state index in [4.69, 9.17) is 0 Å². The third kappa shape index (κ3) is 4.29. The van der Waals surface area contributed by atoms with Crippen molar-refractivity contribution in [1.82, 2.24) is 9.62 Å². The third-order valence-corrected chi connectivity index (χ3v) is 6.30. The van der Waals surface area contributed by atoms with Crippen molar-refractivity contribution in [2.45, 2.75) is 29.9 Å². The van der Waals surface area contributed by atoms with Gasteiger partial charge in [0.1, 0.15) is 5.82 Å². The number of sulfonamides is 1. The first-order valence-corrected chi connectivity index (χ1v) is 10.1. The van der Waals surface area contributed by atoms with Gasteiger partial charge in [-0.05, 0) is 55.4 Å². The van der Waals surface area contributed by atoms with E-state index in [0.717, 1.165) is 24.1 Å². The second kappa shape index (κ2) is 7.84. The molecule has 0 bridgehead atoms. The normalized spacial score (nSPS) is 21.7. The van der Waals surface area contributed by atoms with Gasteiger partial charge in [-0.15, -0.1) is 0 Å². The molecule has 1 aliphatic rings. The summed E-state index contributed by atoms with van der Waals surface area (Å²) in [5.41, 5.74) is 1.95. The molecule has 0 amide bonds. The van der Waals surface area contributed by atoms with Gasteiger partial charge in [0.25, 0.3) is 0 Å². The number of aliphatic hydroxyl groups excluding tert-OH is 1. The summed E-state index contributed by atoms with van der Waals surface area (Å²) >= 11 is 0. The Bertz CT molecular complexity index is 838. The van der Waals surface area contributed by atoms with Crippen molar-refractivity contribution >= 4 is 10.0 Å². The molecule has 7 heteroatoms. The molecule has 0 radical (unpaired) electrons. The number of nitrogens with zero attached hydrogens (tertiary/aromatic N) is 1. The minimum atomic E-state index is -3.43. The van der Waals surface area contributed by atoms with Crippen molar-refractivity contribution in [2.24, 2.45) is 0 Å².